The van der Waals surface area contributed by atoms with Crippen molar-refractivity contribution in [3.63, 3.8) is 0 Å². The molecule has 8 nitrogen and oxygen atoms in total. The second-order valence-corrected chi connectivity index (χ2v) is 14.4. The number of hydrogen-bond donors (Lipinski definition) is 0. The highest BCUT2D eigenvalue weighted by atomic mass is 32.2. The van der Waals surface area contributed by atoms with Gasteiger partial charge in [-0.3, -0.25) is 0 Å². The zero-order valence-electron chi connectivity index (χ0n) is 24.2. The molecule has 5 rings (SSSR count). The highest BCUT2D eigenvalue weighted by Crippen LogP contribution is 2.42. The molecule has 0 saturated carbocycles. The molecule has 1 saturated heterocycles. The molecule has 3 unspecified atom stereocenters. The summed E-state index contributed by atoms with van der Waals surface area (Å²) in [6.45, 7) is 9.15. The van der Waals surface area contributed by atoms with Crippen LogP contribution in [0.4, 0.5) is 10.6 Å². The maximum Gasteiger partial charge on any atom is 0.410 e. The van der Waals surface area contributed by atoms with E-state index in [0.717, 1.165) is 36.8 Å². The summed E-state index contributed by atoms with van der Waals surface area (Å²) in [4.78, 5) is 26.0. The molecule has 0 bridgehead atoms. The lowest BCUT2D eigenvalue weighted by Crippen LogP contribution is -2.56. The van der Waals surface area contributed by atoms with Crippen LogP contribution in [0.1, 0.15) is 74.4 Å². The summed E-state index contributed by atoms with van der Waals surface area (Å²) in [7, 11) is -3.64. The van der Waals surface area contributed by atoms with Gasteiger partial charge in [-0.15, -0.1) is 12.3 Å². The number of aryl methyl sites for hydroxylation is 1. The maximum atomic E-state index is 13.0. The lowest BCUT2D eigenvalue weighted by molar-refractivity contribution is 0.0145. The Morgan fingerprint density at radius 1 is 1.15 bits per heavy atom. The zero-order chi connectivity index (χ0) is 28.8. The summed E-state index contributed by atoms with van der Waals surface area (Å²) in [6.07, 6.45) is 11.7. The largest absolute Gasteiger partial charge is 0.444 e. The third-order valence-corrected chi connectivity index (χ3v) is 9.20. The molecule has 0 N–H and O–H groups in total. The van der Waals surface area contributed by atoms with Crippen molar-refractivity contribution in [3.05, 3.63) is 46.1 Å². The van der Waals surface area contributed by atoms with Crippen LogP contribution in [0, 0.1) is 18.3 Å². The maximum absolute atomic E-state index is 13.0. The van der Waals surface area contributed by atoms with Crippen molar-refractivity contribution in [2.24, 2.45) is 5.92 Å². The number of piperazine rings is 1. The van der Waals surface area contributed by atoms with Gasteiger partial charge in [0.2, 0.25) is 15.0 Å². The Balaban J connectivity index is 1.50. The number of ether oxygens (including phenoxy) is 1. The van der Waals surface area contributed by atoms with Crippen LogP contribution in [0.3, 0.4) is 0 Å². The van der Waals surface area contributed by atoms with Gasteiger partial charge in [0.25, 0.3) is 0 Å². The molecule has 1 fully saturated rings. The number of rotatable bonds is 4. The quantitative estimate of drug-likeness (QED) is 0.403. The van der Waals surface area contributed by atoms with Gasteiger partial charge in [-0.25, -0.2) is 23.2 Å². The van der Waals surface area contributed by atoms with Crippen LogP contribution in [-0.2, 0) is 40.3 Å². The monoisotopic (exact) mass is 564 g/mol. The van der Waals surface area contributed by atoms with Crippen LogP contribution in [0.15, 0.2) is 23.4 Å². The fraction of sp³-hybridized carbons (Fsp3) is 0.581. The Labute approximate surface area is 238 Å². The number of carbonyl (C=O) groups excluding carboxylic acids is 1. The summed E-state index contributed by atoms with van der Waals surface area (Å²) in [5.74, 6) is 3.97. The number of sulfone groups is 1. The number of nitrogens with zero attached hydrogens (tertiary/aromatic N) is 4. The predicted molar refractivity (Wildman–Crippen MR) is 155 cm³/mol. The standard InChI is InChI=1S/C31H40N4O4S/c1-7-10-22-19-34(15-16-35(22)30(36)39-31(3,4)5)28-26-17-20(2)25(18-27(26)32-29(33-28)40(6,37)38)24-14-9-12-21-11-8-13-23(21)24/h1,9,12,14,20,22,25H,8,10-11,13,15-19H2,2-6H3. The molecule has 1 amide bonds. The molecule has 0 spiro atoms. The first-order chi connectivity index (χ1) is 18.9. The fourth-order valence-electron chi connectivity index (χ4n) is 6.51. The Kier molecular flexibility index (Phi) is 7.60. The zero-order valence-corrected chi connectivity index (χ0v) is 25.1. The summed E-state index contributed by atoms with van der Waals surface area (Å²) in [5.41, 5.74) is 5.50. The molecule has 1 aliphatic heterocycles. The molecule has 214 valence electrons. The van der Waals surface area contributed by atoms with Crippen LogP contribution >= 0.6 is 0 Å². The van der Waals surface area contributed by atoms with E-state index in [1.165, 1.54) is 23.1 Å². The highest BCUT2D eigenvalue weighted by Gasteiger charge is 2.38. The molecule has 3 atom stereocenters. The van der Waals surface area contributed by atoms with Gasteiger partial charge in [-0.1, -0.05) is 25.1 Å². The molecule has 1 aromatic carbocycles. The third kappa shape index (κ3) is 5.69. The van der Waals surface area contributed by atoms with Gasteiger partial charge in [0, 0.05) is 37.9 Å². The van der Waals surface area contributed by atoms with E-state index in [1.807, 2.05) is 20.8 Å². The normalized spacial score (nSPS) is 22.9. The Bertz CT molecular complexity index is 1460. The number of carbonyl (C=O) groups is 1. The number of benzene rings is 1. The van der Waals surface area contributed by atoms with Gasteiger partial charge in [-0.05, 0) is 81.4 Å². The SMILES string of the molecule is C#CCC1CN(c2nc(S(C)(=O)=O)nc3c2CC(C)C(c2cccc4c2CCC4)C3)CCN1C(=O)OC(C)(C)C. The summed E-state index contributed by atoms with van der Waals surface area (Å²) < 4.78 is 31.1. The molecule has 1 aromatic heterocycles. The Morgan fingerprint density at radius 2 is 1.93 bits per heavy atom. The van der Waals surface area contributed by atoms with Crippen molar-refractivity contribution in [3.8, 4) is 12.3 Å². The molecule has 2 aliphatic carbocycles. The molecule has 40 heavy (non-hydrogen) atoms. The van der Waals surface area contributed by atoms with E-state index in [1.54, 1.807) is 4.90 Å². The average Bonchev–Trinajstić information content (AvgIpc) is 3.35. The van der Waals surface area contributed by atoms with Crippen molar-refractivity contribution in [1.82, 2.24) is 14.9 Å². The van der Waals surface area contributed by atoms with Crippen LogP contribution in [-0.4, -0.2) is 66.9 Å². The lowest BCUT2D eigenvalue weighted by atomic mass is 9.73. The number of terminal acetylenes is 1. The van der Waals surface area contributed by atoms with Gasteiger partial charge in [0.1, 0.15) is 11.4 Å². The lowest BCUT2D eigenvalue weighted by Gasteiger charge is -2.43. The molecule has 3 aliphatic rings. The van der Waals surface area contributed by atoms with Gasteiger partial charge in [-0.2, -0.15) is 0 Å². The second-order valence-electron chi connectivity index (χ2n) is 12.5. The van der Waals surface area contributed by atoms with Crippen LogP contribution in [0.5, 0.6) is 0 Å². The summed E-state index contributed by atoms with van der Waals surface area (Å²) >= 11 is 0. The van der Waals surface area contributed by atoms with Crippen LogP contribution in [0.25, 0.3) is 0 Å². The van der Waals surface area contributed by atoms with Crippen LogP contribution < -0.4 is 4.90 Å². The minimum atomic E-state index is -3.64. The minimum Gasteiger partial charge on any atom is -0.444 e. The molecule has 2 aromatic rings. The number of aromatic nitrogens is 2. The molecule has 2 heterocycles. The second kappa shape index (κ2) is 10.7. The van der Waals surface area contributed by atoms with E-state index < -0.39 is 15.4 Å². The van der Waals surface area contributed by atoms with Gasteiger partial charge >= 0.3 is 6.09 Å². The summed E-state index contributed by atoms with van der Waals surface area (Å²) in [5, 5.41) is -0.143. The molecule has 0 radical (unpaired) electrons. The minimum absolute atomic E-state index is 0.143. The average molecular weight is 565 g/mol. The summed E-state index contributed by atoms with van der Waals surface area (Å²) in [6, 6.07) is 6.36. The predicted octanol–water partition coefficient (Wildman–Crippen LogP) is 4.34. The van der Waals surface area contributed by atoms with Crippen molar-refractivity contribution < 1.29 is 17.9 Å². The Hall–Kier alpha value is -3.12. The van der Waals surface area contributed by atoms with E-state index >= 15 is 0 Å². The van der Waals surface area contributed by atoms with E-state index in [9.17, 15) is 13.2 Å². The number of hydrogen-bond acceptors (Lipinski definition) is 7. The van der Waals surface area contributed by atoms with Gasteiger partial charge in [0.05, 0.1) is 11.7 Å². The number of fused-ring (bicyclic) bond motifs is 2. The smallest absolute Gasteiger partial charge is 0.410 e. The molecular weight excluding hydrogens is 524 g/mol. The first kappa shape index (κ1) is 28.4. The van der Waals surface area contributed by atoms with Gasteiger partial charge in [0.15, 0.2) is 0 Å². The fourth-order valence-corrected chi connectivity index (χ4v) is 7.03. The van der Waals surface area contributed by atoms with Crippen molar-refractivity contribution in [2.45, 2.75) is 88.9 Å². The van der Waals surface area contributed by atoms with E-state index in [4.69, 9.17) is 11.2 Å². The molecule has 9 heteroatoms. The van der Waals surface area contributed by atoms with E-state index in [2.05, 4.69) is 45.9 Å². The van der Waals surface area contributed by atoms with E-state index in [0.29, 0.717) is 44.2 Å². The number of amides is 1. The number of anilines is 1. The first-order valence-electron chi connectivity index (χ1n) is 14.2. The first-order valence-corrected chi connectivity index (χ1v) is 16.1. The van der Waals surface area contributed by atoms with Crippen LogP contribution in [0.2, 0.25) is 0 Å². The van der Waals surface area contributed by atoms with Crippen molar-refractivity contribution >= 4 is 21.7 Å². The topological polar surface area (TPSA) is 92.7 Å². The van der Waals surface area contributed by atoms with E-state index in [-0.39, 0.29) is 23.2 Å². The van der Waals surface area contributed by atoms with Gasteiger partial charge < -0.3 is 14.5 Å². The van der Waals surface area contributed by atoms with Crippen molar-refractivity contribution in [2.75, 3.05) is 30.8 Å². The third-order valence-electron chi connectivity index (χ3n) is 8.35. The van der Waals surface area contributed by atoms with Crippen molar-refractivity contribution in [1.29, 1.82) is 0 Å². The highest BCUT2D eigenvalue weighted by molar-refractivity contribution is 7.90. The molecular formula is C31H40N4O4S. The Morgan fingerprint density at radius 3 is 2.62 bits per heavy atom.